The first kappa shape index (κ1) is 15.7. The zero-order chi connectivity index (χ0) is 15.6. The Labute approximate surface area is 125 Å². The third-order valence-corrected chi connectivity index (χ3v) is 3.87. The summed E-state index contributed by atoms with van der Waals surface area (Å²) >= 11 is 0. The number of rotatable bonds is 6. The molecular formula is C16H23N3O2. The monoisotopic (exact) mass is 289 g/mol. The molecule has 5 heteroatoms. The lowest BCUT2D eigenvalue weighted by molar-refractivity contribution is 0.0503. The molecule has 0 saturated carbocycles. The van der Waals surface area contributed by atoms with Gasteiger partial charge in [-0.15, -0.1) is 0 Å². The van der Waals surface area contributed by atoms with Gasteiger partial charge >= 0.3 is 0 Å². The normalized spacial score (nSPS) is 15.0. The summed E-state index contributed by atoms with van der Waals surface area (Å²) in [5.41, 5.74) is 6.71. The molecule has 2 amide bonds. The lowest BCUT2D eigenvalue weighted by Gasteiger charge is -2.33. The Bertz CT molecular complexity index is 519. The van der Waals surface area contributed by atoms with Crippen LogP contribution in [0.5, 0.6) is 0 Å². The van der Waals surface area contributed by atoms with Crippen molar-refractivity contribution in [2.75, 3.05) is 26.3 Å². The highest BCUT2D eigenvalue weighted by atomic mass is 16.2. The number of hydrogen-bond donors (Lipinski definition) is 1. The van der Waals surface area contributed by atoms with Gasteiger partial charge in [-0.3, -0.25) is 19.4 Å². The lowest BCUT2D eigenvalue weighted by atomic mass is 9.93. The quantitative estimate of drug-likeness (QED) is 0.807. The van der Waals surface area contributed by atoms with Gasteiger partial charge in [-0.1, -0.05) is 32.9 Å². The van der Waals surface area contributed by atoms with Crippen molar-refractivity contribution in [3.8, 4) is 0 Å². The molecular weight excluding hydrogens is 266 g/mol. The Balaban J connectivity index is 2.13. The second-order valence-corrected chi connectivity index (χ2v) is 6.24. The molecule has 0 spiro atoms. The SMILES string of the molecule is CCN(CN1C(=O)c2ccccc2C1=O)CC(C)(C)CN. The molecule has 1 heterocycles. The van der Waals surface area contributed by atoms with Gasteiger partial charge in [0.05, 0.1) is 17.8 Å². The van der Waals surface area contributed by atoms with E-state index in [1.54, 1.807) is 24.3 Å². The molecule has 2 rings (SSSR count). The molecule has 0 bridgehead atoms. The molecule has 5 nitrogen and oxygen atoms in total. The van der Waals surface area contributed by atoms with Crippen LogP contribution in [0.3, 0.4) is 0 Å². The average Bonchev–Trinajstić information content (AvgIpc) is 2.72. The molecule has 0 radical (unpaired) electrons. The van der Waals surface area contributed by atoms with Gasteiger partial charge in [-0.2, -0.15) is 0 Å². The highest BCUT2D eigenvalue weighted by Gasteiger charge is 2.36. The van der Waals surface area contributed by atoms with Gasteiger partial charge < -0.3 is 5.73 Å². The Morgan fingerprint density at radius 3 is 2.10 bits per heavy atom. The van der Waals surface area contributed by atoms with Crippen molar-refractivity contribution >= 4 is 11.8 Å². The highest BCUT2D eigenvalue weighted by Crippen LogP contribution is 2.23. The van der Waals surface area contributed by atoms with E-state index in [-0.39, 0.29) is 17.2 Å². The van der Waals surface area contributed by atoms with Gasteiger partial charge in [0.25, 0.3) is 11.8 Å². The molecule has 1 aliphatic heterocycles. The topological polar surface area (TPSA) is 66.6 Å². The van der Waals surface area contributed by atoms with E-state index in [1.807, 2.05) is 6.92 Å². The fourth-order valence-corrected chi connectivity index (χ4v) is 2.50. The fraction of sp³-hybridized carbons (Fsp3) is 0.500. The molecule has 1 aromatic carbocycles. The van der Waals surface area contributed by atoms with Crippen molar-refractivity contribution in [3.05, 3.63) is 35.4 Å². The van der Waals surface area contributed by atoms with Gasteiger partial charge in [0, 0.05) is 6.54 Å². The number of amides is 2. The van der Waals surface area contributed by atoms with E-state index in [9.17, 15) is 9.59 Å². The summed E-state index contributed by atoms with van der Waals surface area (Å²) in [7, 11) is 0. The summed E-state index contributed by atoms with van der Waals surface area (Å²) in [6.07, 6.45) is 0. The van der Waals surface area contributed by atoms with Gasteiger partial charge in [0.2, 0.25) is 0 Å². The highest BCUT2D eigenvalue weighted by molar-refractivity contribution is 6.21. The first-order chi connectivity index (χ1) is 9.89. The molecule has 114 valence electrons. The largest absolute Gasteiger partial charge is 0.330 e. The molecule has 2 N–H and O–H groups in total. The van der Waals surface area contributed by atoms with Crippen molar-refractivity contribution in [1.29, 1.82) is 0 Å². The molecule has 0 aliphatic carbocycles. The second-order valence-electron chi connectivity index (χ2n) is 6.24. The summed E-state index contributed by atoms with van der Waals surface area (Å²) in [6, 6.07) is 6.97. The minimum atomic E-state index is -0.209. The molecule has 0 saturated heterocycles. The minimum absolute atomic E-state index is 0.0469. The molecule has 0 aromatic heterocycles. The summed E-state index contributed by atoms with van der Waals surface area (Å²) < 4.78 is 0. The van der Waals surface area contributed by atoms with Crippen molar-refractivity contribution in [3.63, 3.8) is 0 Å². The number of benzene rings is 1. The standard InChI is InChI=1S/C16H23N3O2/c1-4-18(10-16(2,3)9-17)11-19-14(20)12-7-5-6-8-13(12)15(19)21/h5-8H,4,9-11,17H2,1-3H3. The van der Waals surface area contributed by atoms with Crippen LogP contribution in [0.2, 0.25) is 0 Å². The van der Waals surface area contributed by atoms with Crippen molar-refractivity contribution in [2.24, 2.45) is 11.1 Å². The second kappa shape index (κ2) is 5.95. The van der Waals surface area contributed by atoms with Crippen LogP contribution in [-0.2, 0) is 0 Å². The van der Waals surface area contributed by atoms with Crippen LogP contribution in [0, 0.1) is 5.41 Å². The van der Waals surface area contributed by atoms with Crippen LogP contribution in [-0.4, -0.2) is 47.9 Å². The van der Waals surface area contributed by atoms with E-state index in [0.717, 1.165) is 13.1 Å². The first-order valence-corrected chi connectivity index (χ1v) is 7.27. The van der Waals surface area contributed by atoms with Crippen LogP contribution >= 0.6 is 0 Å². The number of imide groups is 1. The van der Waals surface area contributed by atoms with Crippen molar-refractivity contribution in [1.82, 2.24) is 9.80 Å². The number of carbonyl (C=O) groups is 2. The van der Waals surface area contributed by atoms with Crippen LogP contribution in [0.1, 0.15) is 41.5 Å². The summed E-state index contributed by atoms with van der Waals surface area (Å²) in [4.78, 5) is 28.1. The summed E-state index contributed by atoms with van der Waals surface area (Å²) in [6.45, 7) is 8.56. The van der Waals surface area contributed by atoms with Crippen LogP contribution < -0.4 is 5.73 Å². The van der Waals surface area contributed by atoms with E-state index >= 15 is 0 Å². The number of nitrogens with zero attached hydrogens (tertiary/aromatic N) is 2. The van der Waals surface area contributed by atoms with Gasteiger partial charge in [0.15, 0.2) is 0 Å². The van der Waals surface area contributed by atoms with E-state index in [0.29, 0.717) is 24.3 Å². The maximum atomic E-state index is 12.3. The predicted octanol–water partition coefficient (Wildman–Crippen LogP) is 1.55. The zero-order valence-corrected chi connectivity index (χ0v) is 12.9. The Hall–Kier alpha value is -1.72. The molecule has 0 atom stereocenters. The Morgan fingerprint density at radius 2 is 1.67 bits per heavy atom. The van der Waals surface area contributed by atoms with Gasteiger partial charge in [0.1, 0.15) is 0 Å². The first-order valence-electron chi connectivity index (χ1n) is 7.27. The fourth-order valence-electron chi connectivity index (χ4n) is 2.50. The molecule has 1 aromatic rings. The number of nitrogens with two attached hydrogens (primary N) is 1. The maximum Gasteiger partial charge on any atom is 0.262 e. The van der Waals surface area contributed by atoms with Crippen LogP contribution in [0.4, 0.5) is 0 Å². The van der Waals surface area contributed by atoms with E-state index < -0.39 is 0 Å². The summed E-state index contributed by atoms with van der Waals surface area (Å²) in [5.74, 6) is -0.417. The zero-order valence-electron chi connectivity index (χ0n) is 12.9. The minimum Gasteiger partial charge on any atom is -0.330 e. The lowest BCUT2D eigenvalue weighted by Crippen LogP contribution is -2.46. The maximum absolute atomic E-state index is 12.3. The van der Waals surface area contributed by atoms with Crippen molar-refractivity contribution in [2.45, 2.75) is 20.8 Å². The third kappa shape index (κ3) is 3.14. The molecule has 21 heavy (non-hydrogen) atoms. The van der Waals surface area contributed by atoms with E-state index in [2.05, 4.69) is 18.7 Å². The Morgan fingerprint density at radius 1 is 1.14 bits per heavy atom. The van der Waals surface area contributed by atoms with Gasteiger partial charge in [-0.05, 0) is 30.6 Å². The molecule has 1 aliphatic rings. The summed E-state index contributed by atoms with van der Waals surface area (Å²) in [5, 5.41) is 0. The van der Waals surface area contributed by atoms with Crippen molar-refractivity contribution < 1.29 is 9.59 Å². The predicted molar refractivity (Wildman–Crippen MR) is 81.9 cm³/mol. The smallest absolute Gasteiger partial charge is 0.262 e. The number of hydrogen-bond acceptors (Lipinski definition) is 4. The van der Waals surface area contributed by atoms with Crippen LogP contribution in [0.25, 0.3) is 0 Å². The van der Waals surface area contributed by atoms with Crippen LogP contribution in [0.15, 0.2) is 24.3 Å². The third-order valence-electron chi connectivity index (χ3n) is 3.87. The van der Waals surface area contributed by atoms with E-state index in [1.165, 1.54) is 4.90 Å². The van der Waals surface area contributed by atoms with Gasteiger partial charge in [-0.25, -0.2) is 0 Å². The number of fused-ring (bicyclic) bond motifs is 1. The number of carbonyl (C=O) groups excluding carboxylic acids is 2. The molecule has 0 unspecified atom stereocenters. The molecule has 0 fully saturated rings. The van der Waals surface area contributed by atoms with E-state index in [4.69, 9.17) is 5.73 Å². The average molecular weight is 289 g/mol. The Kier molecular flexibility index (Phi) is 4.44.